The molecule has 0 aromatic heterocycles. The number of hydrogen-bond acceptors (Lipinski definition) is 3. The highest BCUT2D eigenvalue weighted by atomic mass is 32.2. The largest absolute Gasteiger partial charge is 0.399 e. The summed E-state index contributed by atoms with van der Waals surface area (Å²) >= 11 is 1.64. The number of anilines is 1. The van der Waals surface area contributed by atoms with Crippen LogP contribution in [0.15, 0.2) is 23.1 Å². The molecule has 2 nitrogen and oxygen atoms in total. The molecule has 0 aliphatic heterocycles. The molecule has 0 amide bonds. The van der Waals surface area contributed by atoms with Crippen molar-refractivity contribution in [3.63, 3.8) is 0 Å². The molecule has 0 heterocycles. The van der Waals surface area contributed by atoms with Crippen molar-refractivity contribution in [2.24, 2.45) is 0 Å². The predicted octanol–water partition coefficient (Wildman–Crippen LogP) is 2.44. The summed E-state index contributed by atoms with van der Waals surface area (Å²) in [6, 6.07) is 5.96. The van der Waals surface area contributed by atoms with Gasteiger partial charge in [0, 0.05) is 15.3 Å². The summed E-state index contributed by atoms with van der Waals surface area (Å²) in [6.07, 6.45) is 0. The van der Waals surface area contributed by atoms with E-state index in [0.717, 1.165) is 16.1 Å². The van der Waals surface area contributed by atoms with Gasteiger partial charge in [-0.2, -0.15) is 0 Å². The zero-order valence-corrected chi connectivity index (χ0v) is 9.69. The van der Waals surface area contributed by atoms with Crippen LogP contribution in [0.4, 0.5) is 5.69 Å². The third-order valence-electron chi connectivity index (χ3n) is 1.85. The van der Waals surface area contributed by atoms with Gasteiger partial charge in [0.25, 0.3) is 0 Å². The van der Waals surface area contributed by atoms with Gasteiger partial charge in [-0.15, -0.1) is 11.8 Å². The van der Waals surface area contributed by atoms with Gasteiger partial charge in [0.15, 0.2) is 0 Å². The summed E-state index contributed by atoms with van der Waals surface area (Å²) in [5.74, 6) is 0. The maximum Gasteiger partial charge on any atom is 0.0576 e. The van der Waals surface area contributed by atoms with Crippen LogP contribution in [0, 0.1) is 6.92 Å². The average molecular weight is 211 g/mol. The summed E-state index contributed by atoms with van der Waals surface area (Å²) in [6.45, 7) is 6.20. The Hall–Kier alpha value is -0.670. The Morgan fingerprint density at radius 3 is 2.50 bits per heavy atom. The Kier molecular flexibility index (Phi) is 3.45. The van der Waals surface area contributed by atoms with E-state index in [2.05, 4.69) is 6.07 Å². The fraction of sp³-hybridized carbons (Fsp3) is 0.455. The van der Waals surface area contributed by atoms with Crippen molar-refractivity contribution in [3.05, 3.63) is 23.8 Å². The van der Waals surface area contributed by atoms with Crippen molar-refractivity contribution in [1.82, 2.24) is 0 Å². The fourth-order valence-corrected chi connectivity index (χ4v) is 2.33. The number of nitrogen functional groups attached to an aromatic ring is 1. The van der Waals surface area contributed by atoms with E-state index >= 15 is 0 Å². The zero-order valence-electron chi connectivity index (χ0n) is 8.87. The molecule has 0 radical (unpaired) electrons. The Labute approximate surface area is 89.5 Å². The van der Waals surface area contributed by atoms with Crippen LogP contribution < -0.4 is 5.73 Å². The molecule has 1 aromatic carbocycles. The van der Waals surface area contributed by atoms with E-state index in [0.29, 0.717) is 0 Å². The Balaban J connectivity index is 2.87. The minimum Gasteiger partial charge on any atom is -0.399 e. The summed E-state index contributed by atoms with van der Waals surface area (Å²) in [7, 11) is 0. The SMILES string of the molecule is Cc1cc(N)cc(SC(C)(C)CO)c1. The van der Waals surface area contributed by atoms with Gasteiger partial charge in [0.2, 0.25) is 0 Å². The van der Waals surface area contributed by atoms with E-state index in [-0.39, 0.29) is 11.4 Å². The zero-order chi connectivity index (χ0) is 10.8. The summed E-state index contributed by atoms with van der Waals surface area (Å²) in [5, 5.41) is 9.14. The highest BCUT2D eigenvalue weighted by Gasteiger charge is 2.18. The minimum atomic E-state index is -0.153. The van der Waals surface area contributed by atoms with Crippen molar-refractivity contribution < 1.29 is 5.11 Å². The molecule has 0 saturated heterocycles. The standard InChI is InChI=1S/C11H17NOS/c1-8-4-9(12)6-10(5-8)14-11(2,3)7-13/h4-6,13H,7,12H2,1-3H3. The normalized spacial score (nSPS) is 11.7. The third kappa shape index (κ3) is 3.24. The van der Waals surface area contributed by atoms with Crippen LogP contribution in [0.1, 0.15) is 19.4 Å². The molecule has 0 fully saturated rings. The van der Waals surface area contributed by atoms with Crippen molar-refractivity contribution in [2.45, 2.75) is 30.4 Å². The van der Waals surface area contributed by atoms with Crippen molar-refractivity contribution in [1.29, 1.82) is 0 Å². The Bertz CT molecular complexity index is 303. The molecule has 78 valence electrons. The predicted molar refractivity (Wildman–Crippen MR) is 62.6 cm³/mol. The molecule has 0 saturated carbocycles. The molecule has 0 unspecified atom stereocenters. The van der Waals surface area contributed by atoms with E-state index in [1.54, 1.807) is 11.8 Å². The van der Waals surface area contributed by atoms with E-state index in [9.17, 15) is 0 Å². The van der Waals surface area contributed by atoms with E-state index < -0.39 is 0 Å². The lowest BCUT2D eigenvalue weighted by Crippen LogP contribution is -2.19. The maximum absolute atomic E-state index is 9.14. The molecule has 0 bridgehead atoms. The molecular weight excluding hydrogens is 194 g/mol. The molecule has 3 heteroatoms. The second kappa shape index (κ2) is 4.24. The number of nitrogens with two attached hydrogens (primary N) is 1. The Morgan fingerprint density at radius 2 is 2.00 bits per heavy atom. The van der Waals surface area contributed by atoms with Crippen LogP contribution in [0.25, 0.3) is 0 Å². The minimum absolute atomic E-state index is 0.153. The first kappa shape index (κ1) is 11.4. The number of thioether (sulfide) groups is 1. The molecule has 1 rings (SSSR count). The topological polar surface area (TPSA) is 46.2 Å². The van der Waals surface area contributed by atoms with Gasteiger partial charge in [-0.25, -0.2) is 0 Å². The highest BCUT2D eigenvalue weighted by molar-refractivity contribution is 8.00. The lowest BCUT2D eigenvalue weighted by atomic mass is 10.2. The molecule has 14 heavy (non-hydrogen) atoms. The Morgan fingerprint density at radius 1 is 1.36 bits per heavy atom. The van der Waals surface area contributed by atoms with Gasteiger partial charge in [-0.1, -0.05) is 0 Å². The second-order valence-electron chi connectivity index (χ2n) is 4.10. The maximum atomic E-state index is 9.14. The lowest BCUT2D eigenvalue weighted by molar-refractivity contribution is 0.265. The fourth-order valence-electron chi connectivity index (χ4n) is 1.19. The van der Waals surface area contributed by atoms with Crippen LogP contribution in [0.5, 0.6) is 0 Å². The molecule has 0 atom stereocenters. The van der Waals surface area contributed by atoms with Gasteiger partial charge in [0.1, 0.15) is 0 Å². The molecule has 0 aliphatic rings. The lowest BCUT2D eigenvalue weighted by Gasteiger charge is -2.21. The number of aliphatic hydroxyl groups excluding tert-OH is 1. The number of benzene rings is 1. The van der Waals surface area contributed by atoms with E-state index in [1.165, 1.54) is 0 Å². The number of aryl methyl sites for hydroxylation is 1. The van der Waals surface area contributed by atoms with Gasteiger partial charge in [-0.3, -0.25) is 0 Å². The van der Waals surface area contributed by atoms with Gasteiger partial charge in [0.05, 0.1) is 6.61 Å². The van der Waals surface area contributed by atoms with Crippen LogP contribution >= 0.6 is 11.8 Å². The monoisotopic (exact) mass is 211 g/mol. The number of rotatable bonds is 3. The van der Waals surface area contributed by atoms with Crippen molar-refractivity contribution in [2.75, 3.05) is 12.3 Å². The molecular formula is C11H17NOS. The van der Waals surface area contributed by atoms with Crippen LogP contribution in [-0.4, -0.2) is 16.5 Å². The van der Waals surface area contributed by atoms with Crippen LogP contribution in [-0.2, 0) is 0 Å². The van der Waals surface area contributed by atoms with E-state index in [4.69, 9.17) is 10.8 Å². The van der Waals surface area contributed by atoms with Crippen LogP contribution in [0.3, 0.4) is 0 Å². The molecule has 0 spiro atoms. The first-order valence-corrected chi connectivity index (χ1v) is 5.42. The number of hydrogen-bond donors (Lipinski definition) is 2. The second-order valence-corrected chi connectivity index (χ2v) is 5.88. The average Bonchev–Trinajstić information content (AvgIpc) is 2.01. The van der Waals surface area contributed by atoms with Crippen LogP contribution in [0.2, 0.25) is 0 Å². The van der Waals surface area contributed by atoms with Gasteiger partial charge in [-0.05, 0) is 44.5 Å². The summed E-state index contributed by atoms with van der Waals surface area (Å²) in [4.78, 5) is 1.11. The molecule has 3 N–H and O–H groups in total. The van der Waals surface area contributed by atoms with Gasteiger partial charge >= 0.3 is 0 Å². The van der Waals surface area contributed by atoms with Crippen molar-refractivity contribution >= 4 is 17.4 Å². The van der Waals surface area contributed by atoms with Crippen molar-refractivity contribution in [3.8, 4) is 0 Å². The quantitative estimate of drug-likeness (QED) is 0.596. The number of aliphatic hydroxyl groups is 1. The molecule has 1 aromatic rings. The van der Waals surface area contributed by atoms with E-state index in [1.807, 2.05) is 32.9 Å². The third-order valence-corrected chi connectivity index (χ3v) is 3.00. The first-order chi connectivity index (χ1) is 6.43. The highest BCUT2D eigenvalue weighted by Crippen LogP contribution is 2.33. The summed E-state index contributed by atoms with van der Waals surface area (Å²) < 4.78 is -0.153. The summed E-state index contributed by atoms with van der Waals surface area (Å²) in [5.41, 5.74) is 7.68. The first-order valence-electron chi connectivity index (χ1n) is 4.60. The van der Waals surface area contributed by atoms with Gasteiger partial charge < -0.3 is 10.8 Å². The smallest absolute Gasteiger partial charge is 0.0576 e. The molecule has 0 aliphatic carbocycles.